The van der Waals surface area contributed by atoms with Gasteiger partial charge in [-0.1, -0.05) is 6.08 Å². The van der Waals surface area contributed by atoms with Crippen LogP contribution in [0.5, 0.6) is 0 Å². The molecule has 1 aliphatic carbocycles. The molecule has 3 rings (SSSR count). The number of hydrogen-bond donors (Lipinski definition) is 1. The Balaban J connectivity index is 2.23. The summed E-state index contributed by atoms with van der Waals surface area (Å²) in [5, 5.41) is 38.1. The van der Waals surface area contributed by atoms with Crippen LogP contribution in [-0.4, -0.2) is 34.7 Å². The van der Waals surface area contributed by atoms with Crippen molar-refractivity contribution in [3.63, 3.8) is 0 Å². The molecule has 1 unspecified atom stereocenters. The largest absolute Gasteiger partial charge is 0.305 e. The smallest absolute Gasteiger partial charge is 0.189 e. The van der Waals surface area contributed by atoms with E-state index in [1.54, 1.807) is 24.5 Å². The Hall–Kier alpha value is -3.01. The van der Waals surface area contributed by atoms with Crippen LogP contribution < -0.4 is 0 Å². The molecule has 0 radical (unpaired) electrons. The van der Waals surface area contributed by atoms with E-state index in [9.17, 15) is 15.8 Å². The molecule has 0 amide bonds. The molecule has 3 atom stereocenters. The van der Waals surface area contributed by atoms with Crippen molar-refractivity contribution < 1.29 is 0 Å². The number of hydrogen-bond acceptors (Lipinski definition) is 6. The highest BCUT2D eigenvalue weighted by atomic mass is 15.2. The van der Waals surface area contributed by atoms with Gasteiger partial charge in [0.15, 0.2) is 5.41 Å². The van der Waals surface area contributed by atoms with Crippen molar-refractivity contribution in [3.05, 3.63) is 41.7 Å². The first-order chi connectivity index (χ1) is 12.5. The van der Waals surface area contributed by atoms with Gasteiger partial charge in [-0.2, -0.15) is 15.8 Å². The van der Waals surface area contributed by atoms with E-state index in [0.29, 0.717) is 19.1 Å². The Labute approximate surface area is 153 Å². The third-order valence-corrected chi connectivity index (χ3v) is 5.61. The van der Waals surface area contributed by atoms with E-state index >= 15 is 0 Å². The highest BCUT2D eigenvalue weighted by Crippen LogP contribution is 2.53. The first-order valence-electron chi connectivity index (χ1n) is 8.65. The fourth-order valence-corrected chi connectivity index (χ4v) is 4.20. The molecular weight excluding hydrogens is 324 g/mol. The van der Waals surface area contributed by atoms with Gasteiger partial charge in [-0.3, -0.25) is 9.88 Å². The highest BCUT2D eigenvalue weighted by Gasteiger charge is 2.57. The summed E-state index contributed by atoms with van der Waals surface area (Å²) >= 11 is 0. The first-order valence-corrected chi connectivity index (χ1v) is 8.65. The quantitative estimate of drug-likeness (QED) is 0.829. The lowest BCUT2D eigenvalue weighted by Gasteiger charge is -2.48. The number of nitrogens with zero attached hydrogens (tertiary/aromatic N) is 5. The molecule has 0 aromatic carbocycles. The number of aromatic nitrogens is 1. The molecule has 1 aromatic heterocycles. The molecule has 0 saturated heterocycles. The second-order valence-electron chi connectivity index (χ2n) is 7.12. The van der Waals surface area contributed by atoms with Gasteiger partial charge in [0.05, 0.1) is 23.9 Å². The molecule has 1 fully saturated rings. The zero-order valence-electron chi connectivity index (χ0n) is 14.8. The summed E-state index contributed by atoms with van der Waals surface area (Å²) in [6.45, 7) is 5.58. The summed E-state index contributed by atoms with van der Waals surface area (Å²) in [6.07, 6.45) is 5.30. The maximum Gasteiger partial charge on any atom is 0.189 e. The molecule has 1 aliphatic heterocycles. The van der Waals surface area contributed by atoms with E-state index in [4.69, 9.17) is 5.41 Å². The van der Waals surface area contributed by atoms with Gasteiger partial charge >= 0.3 is 0 Å². The number of pyridine rings is 1. The van der Waals surface area contributed by atoms with E-state index < -0.39 is 17.3 Å². The van der Waals surface area contributed by atoms with Crippen LogP contribution in [0.15, 0.2) is 36.2 Å². The van der Waals surface area contributed by atoms with Crippen molar-refractivity contribution in [1.82, 2.24) is 9.88 Å². The van der Waals surface area contributed by atoms with Crippen LogP contribution in [0.4, 0.5) is 0 Å². The first kappa shape index (κ1) is 17.8. The number of nitriles is 3. The Bertz CT molecular complexity index is 850. The Kier molecular flexibility index (Phi) is 4.60. The summed E-state index contributed by atoms with van der Waals surface area (Å²) in [6, 6.07) is 10.3. The van der Waals surface area contributed by atoms with Crippen molar-refractivity contribution in [2.45, 2.75) is 25.8 Å². The fraction of sp³-hybridized carbons (Fsp3) is 0.450. The maximum atomic E-state index is 9.95. The topological polar surface area (TPSA) is 111 Å². The van der Waals surface area contributed by atoms with Crippen molar-refractivity contribution >= 4 is 5.71 Å². The van der Waals surface area contributed by atoms with Gasteiger partial charge in [-0.15, -0.1) is 0 Å². The molecule has 0 bridgehead atoms. The van der Waals surface area contributed by atoms with Gasteiger partial charge in [0.2, 0.25) is 0 Å². The van der Waals surface area contributed by atoms with Crippen LogP contribution in [0.2, 0.25) is 0 Å². The zero-order valence-corrected chi connectivity index (χ0v) is 14.8. The molecule has 6 heteroatoms. The summed E-state index contributed by atoms with van der Waals surface area (Å²) in [7, 11) is 0. The number of fused-ring (bicyclic) bond motifs is 1. The molecule has 0 spiro atoms. The van der Waals surface area contributed by atoms with E-state index in [-0.39, 0.29) is 11.6 Å². The van der Waals surface area contributed by atoms with Crippen molar-refractivity contribution in [2.24, 2.45) is 17.3 Å². The minimum atomic E-state index is -1.65. The number of rotatable bonds is 2. The Morgan fingerprint density at radius 2 is 1.88 bits per heavy atom. The standard InChI is InChI=1S/C20H20N6/c1-13(2)26-8-5-15-16(9-21)19(24)20(11-22,12-23)18(17(15)10-26)14-3-6-25-7-4-14/h3-7,13,16-18,24H,8,10H2,1-2H3/t16?,17-,18-/m1/s1. The zero-order chi connectivity index (χ0) is 18.9. The lowest BCUT2D eigenvalue weighted by atomic mass is 9.54. The minimum Gasteiger partial charge on any atom is -0.305 e. The van der Waals surface area contributed by atoms with Crippen LogP contribution in [-0.2, 0) is 0 Å². The van der Waals surface area contributed by atoms with E-state index in [2.05, 4.69) is 41.9 Å². The van der Waals surface area contributed by atoms with E-state index in [1.165, 1.54) is 0 Å². The van der Waals surface area contributed by atoms with Crippen molar-refractivity contribution in [2.75, 3.05) is 13.1 Å². The van der Waals surface area contributed by atoms with Gasteiger partial charge in [-0.05, 0) is 37.1 Å². The molecule has 6 nitrogen and oxygen atoms in total. The third-order valence-electron chi connectivity index (χ3n) is 5.61. The normalized spacial score (nSPS) is 27.6. The van der Waals surface area contributed by atoms with E-state index in [1.807, 2.05) is 6.08 Å². The Morgan fingerprint density at radius 3 is 2.42 bits per heavy atom. The SMILES string of the molecule is CC(C)N1CC=C2C(C#N)C(=N)C(C#N)(C#N)[C@H](c3ccncc3)[C@@H]2C1. The highest BCUT2D eigenvalue weighted by molar-refractivity contribution is 6.00. The molecule has 2 aliphatic rings. The average Bonchev–Trinajstić information content (AvgIpc) is 2.67. The predicted molar refractivity (Wildman–Crippen MR) is 95.7 cm³/mol. The molecule has 26 heavy (non-hydrogen) atoms. The molecule has 1 aromatic rings. The fourth-order valence-electron chi connectivity index (χ4n) is 4.20. The molecule has 1 N–H and O–H groups in total. The monoisotopic (exact) mass is 344 g/mol. The van der Waals surface area contributed by atoms with Crippen LogP contribution in [0.3, 0.4) is 0 Å². The Morgan fingerprint density at radius 1 is 1.23 bits per heavy atom. The van der Waals surface area contributed by atoms with Gasteiger partial charge < -0.3 is 5.41 Å². The molecule has 130 valence electrons. The van der Waals surface area contributed by atoms with Gasteiger partial charge in [0, 0.05) is 43.4 Å². The molecule has 1 saturated carbocycles. The second kappa shape index (κ2) is 6.71. The summed E-state index contributed by atoms with van der Waals surface area (Å²) in [4.78, 5) is 6.31. The van der Waals surface area contributed by atoms with Crippen LogP contribution in [0.25, 0.3) is 0 Å². The number of nitrogens with one attached hydrogen (secondary N) is 1. The summed E-state index contributed by atoms with van der Waals surface area (Å²) in [5.41, 5.74) is -0.0700. The third kappa shape index (κ3) is 2.49. The van der Waals surface area contributed by atoms with Crippen molar-refractivity contribution in [1.29, 1.82) is 21.2 Å². The molecular formula is C20H20N6. The van der Waals surface area contributed by atoms with Crippen molar-refractivity contribution in [3.8, 4) is 18.2 Å². The second-order valence-corrected chi connectivity index (χ2v) is 7.12. The molecule has 2 heterocycles. The van der Waals surface area contributed by atoms with Crippen LogP contribution in [0, 0.1) is 56.7 Å². The van der Waals surface area contributed by atoms with Crippen LogP contribution >= 0.6 is 0 Å². The van der Waals surface area contributed by atoms with E-state index in [0.717, 1.165) is 11.1 Å². The van der Waals surface area contributed by atoms with Crippen LogP contribution in [0.1, 0.15) is 25.3 Å². The summed E-state index contributed by atoms with van der Waals surface area (Å²) < 4.78 is 0. The summed E-state index contributed by atoms with van der Waals surface area (Å²) in [5.74, 6) is -1.47. The minimum absolute atomic E-state index is 0.104. The predicted octanol–water partition coefficient (Wildman–Crippen LogP) is 2.64. The van der Waals surface area contributed by atoms with Gasteiger partial charge in [0.1, 0.15) is 5.92 Å². The van der Waals surface area contributed by atoms with Gasteiger partial charge in [-0.25, -0.2) is 0 Å². The lowest BCUT2D eigenvalue weighted by Crippen LogP contribution is -2.53. The average molecular weight is 344 g/mol. The lowest BCUT2D eigenvalue weighted by molar-refractivity contribution is 0.171. The van der Waals surface area contributed by atoms with Gasteiger partial charge in [0.25, 0.3) is 0 Å². The maximum absolute atomic E-state index is 9.95.